The summed E-state index contributed by atoms with van der Waals surface area (Å²) in [5.74, 6) is 1.13. The lowest BCUT2D eigenvalue weighted by atomic mass is 10.0. The molecule has 0 atom stereocenters. The summed E-state index contributed by atoms with van der Waals surface area (Å²) in [6.07, 6.45) is 2.90. The topological polar surface area (TPSA) is 58.6 Å². The van der Waals surface area contributed by atoms with Crippen LogP contribution in [0.3, 0.4) is 0 Å². The minimum absolute atomic E-state index is 0.00758. The molecule has 1 aromatic carbocycles. The molecule has 0 aliphatic carbocycles. The number of rotatable bonds is 7. The summed E-state index contributed by atoms with van der Waals surface area (Å²) in [6.45, 7) is 7.83. The molecule has 1 aliphatic rings. The van der Waals surface area contributed by atoms with Crippen LogP contribution in [0, 0.1) is 12.8 Å². The molecule has 1 N–H and O–H groups in total. The second kappa shape index (κ2) is 9.44. The number of hydrogen-bond acceptors (Lipinski definition) is 3. The van der Waals surface area contributed by atoms with E-state index in [4.69, 9.17) is 4.74 Å². The highest BCUT2D eigenvalue weighted by molar-refractivity contribution is 5.78. The summed E-state index contributed by atoms with van der Waals surface area (Å²) in [7, 11) is 0. The van der Waals surface area contributed by atoms with Gasteiger partial charge in [-0.2, -0.15) is 0 Å². The third-order valence-electron chi connectivity index (χ3n) is 4.54. The van der Waals surface area contributed by atoms with Crippen molar-refractivity contribution in [3.05, 3.63) is 29.8 Å². The van der Waals surface area contributed by atoms with Crippen LogP contribution < -0.4 is 10.1 Å². The van der Waals surface area contributed by atoms with Gasteiger partial charge in [-0.3, -0.25) is 9.59 Å². The quantitative estimate of drug-likeness (QED) is 0.772. The molecule has 1 saturated heterocycles. The van der Waals surface area contributed by atoms with Crippen LogP contribution in [0.25, 0.3) is 0 Å². The predicted octanol–water partition coefficient (Wildman–Crippen LogP) is 2.92. The molecule has 2 rings (SSSR count). The van der Waals surface area contributed by atoms with Crippen LogP contribution >= 0.6 is 0 Å². The molecular weight excluding hydrogens is 316 g/mol. The van der Waals surface area contributed by atoms with Crippen LogP contribution in [-0.2, 0) is 9.59 Å². The van der Waals surface area contributed by atoms with Crippen molar-refractivity contribution in [3.63, 3.8) is 0 Å². The second-order valence-corrected chi connectivity index (χ2v) is 7.08. The van der Waals surface area contributed by atoms with Gasteiger partial charge in [0, 0.05) is 31.5 Å². The van der Waals surface area contributed by atoms with E-state index in [0.717, 1.165) is 38.1 Å². The Hall–Kier alpha value is -2.04. The highest BCUT2D eigenvalue weighted by Crippen LogP contribution is 2.14. The highest BCUT2D eigenvalue weighted by Gasteiger charge is 2.24. The average molecular weight is 346 g/mol. The Kier molecular flexibility index (Phi) is 7.29. The summed E-state index contributed by atoms with van der Waals surface area (Å²) in [4.78, 5) is 25.9. The van der Waals surface area contributed by atoms with E-state index in [1.165, 1.54) is 5.56 Å². The second-order valence-electron chi connectivity index (χ2n) is 7.08. The summed E-state index contributed by atoms with van der Waals surface area (Å²) < 4.78 is 5.66. The smallest absolute Gasteiger partial charge is 0.222 e. The molecule has 1 heterocycles. The van der Waals surface area contributed by atoms with E-state index in [2.05, 4.69) is 5.32 Å². The summed E-state index contributed by atoms with van der Waals surface area (Å²) in [5.41, 5.74) is 1.20. The number of piperidine rings is 1. The Morgan fingerprint density at radius 1 is 1.20 bits per heavy atom. The van der Waals surface area contributed by atoms with Gasteiger partial charge in [-0.1, -0.05) is 31.5 Å². The molecule has 0 radical (unpaired) electrons. The van der Waals surface area contributed by atoms with Crippen LogP contribution in [0.2, 0.25) is 0 Å². The SMILES string of the molecule is Cc1ccc(OCCCC(=O)N2CCC(NC(=O)C(C)C)CC2)cc1. The van der Waals surface area contributed by atoms with Crippen LogP contribution in [0.15, 0.2) is 24.3 Å². The number of ether oxygens (including phenoxy) is 1. The van der Waals surface area contributed by atoms with Crippen molar-refractivity contribution in [1.82, 2.24) is 10.2 Å². The first-order valence-corrected chi connectivity index (χ1v) is 9.23. The first kappa shape index (κ1) is 19.3. The van der Waals surface area contributed by atoms with Crippen LogP contribution in [-0.4, -0.2) is 42.5 Å². The molecule has 0 bridgehead atoms. The third-order valence-corrected chi connectivity index (χ3v) is 4.54. The number of aryl methyl sites for hydroxylation is 1. The molecule has 25 heavy (non-hydrogen) atoms. The Morgan fingerprint density at radius 3 is 2.44 bits per heavy atom. The van der Waals surface area contributed by atoms with E-state index in [1.54, 1.807) is 0 Å². The van der Waals surface area contributed by atoms with E-state index in [0.29, 0.717) is 13.0 Å². The van der Waals surface area contributed by atoms with Crippen molar-refractivity contribution < 1.29 is 14.3 Å². The zero-order valence-corrected chi connectivity index (χ0v) is 15.6. The van der Waals surface area contributed by atoms with Gasteiger partial charge in [0.15, 0.2) is 0 Å². The van der Waals surface area contributed by atoms with Gasteiger partial charge >= 0.3 is 0 Å². The lowest BCUT2D eigenvalue weighted by molar-refractivity contribution is -0.132. The molecule has 0 aromatic heterocycles. The molecule has 5 nitrogen and oxygen atoms in total. The first-order chi connectivity index (χ1) is 12.0. The van der Waals surface area contributed by atoms with Crippen LogP contribution in [0.1, 0.15) is 45.1 Å². The van der Waals surface area contributed by atoms with Crippen molar-refractivity contribution >= 4 is 11.8 Å². The summed E-state index contributed by atoms with van der Waals surface area (Å²) >= 11 is 0. The lowest BCUT2D eigenvalue weighted by Crippen LogP contribution is -2.47. The monoisotopic (exact) mass is 346 g/mol. The zero-order chi connectivity index (χ0) is 18.2. The molecule has 0 spiro atoms. The van der Waals surface area contributed by atoms with E-state index >= 15 is 0 Å². The van der Waals surface area contributed by atoms with Gasteiger partial charge in [-0.25, -0.2) is 0 Å². The number of nitrogens with zero attached hydrogens (tertiary/aromatic N) is 1. The van der Waals surface area contributed by atoms with Crippen LogP contribution in [0.4, 0.5) is 0 Å². The molecule has 0 unspecified atom stereocenters. The number of benzene rings is 1. The van der Waals surface area contributed by atoms with E-state index in [9.17, 15) is 9.59 Å². The molecule has 138 valence electrons. The Morgan fingerprint density at radius 2 is 1.84 bits per heavy atom. The molecule has 1 aliphatic heterocycles. The number of amides is 2. The number of likely N-dealkylation sites (tertiary alicyclic amines) is 1. The van der Waals surface area contributed by atoms with Crippen LogP contribution in [0.5, 0.6) is 5.75 Å². The number of carbonyl (C=O) groups is 2. The normalized spacial score (nSPS) is 15.3. The highest BCUT2D eigenvalue weighted by atomic mass is 16.5. The summed E-state index contributed by atoms with van der Waals surface area (Å²) in [6, 6.07) is 8.13. The molecular formula is C20H30N2O3. The Bertz CT molecular complexity index is 561. The first-order valence-electron chi connectivity index (χ1n) is 9.23. The fourth-order valence-electron chi connectivity index (χ4n) is 2.85. The Labute approximate surface area is 150 Å². The van der Waals surface area contributed by atoms with Crippen molar-refractivity contribution in [2.45, 2.75) is 52.5 Å². The van der Waals surface area contributed by atoms with Crippen molar-refractivity contribution in [3.8, 4) is 5.75 Å². The van der Waals surface area contributed by atoms with Gasteiger partial charge in [0.05, 0.1) is 6.61 Å². The van der Waals surface area contributed by atoms with Gasteiger partial charge in [-0.15, -0.1) is 0 Å². The minimum atomic E-state index is 0.00758. The predicted molar refractivity (Wildman–Crippen MR) is 98.5 cm³/mol. The van der Waals surface area contributed by atoms with Gasteiger partial charge in [-0.05, 0) is 38.3 Å². The molecule has 1 aromatic rings. The molecule has 5 heteroatoms. The molecule has 1 fully saturated rings. The third kappa shape index (κ3) is 6.40. The van der Waals surface area contributed by atoms with Gasteiger partial charge < -0.3 is 15.0 Å². The number of hydrogen-bond donors (Lipinski definition) is 1. The van der Waals surface area contributed by atoms with E-state index < -0.39 is 0 Å². The zero-order valence-electron chi connectivity index (χ0n) is 15.6. The van der Waals surface area contributed by atoms with Gasteiger partial charge in [0.2, 0.25) is 11.8 Å². The lowest BCUT2D eigenvalue weighted by Gasteiger charge is -2.32. The van der Waals surface area contributed by atoms with E-state index in [-0.39, 0.29) is 23.8 Å². The Balaban J connectivity index is 1.62. The fraction of sp³-hybridized carbons (Fsp3) is 0.600. The standard InChI is InChI=1S/C20H30N2O3/c1-15(2)20(24)21-17-10-12-22(13-11-17)19(23)5-4-14-25-18-8-6-16(3)7-9-18/h6-9,15,17H,4-5,10-14H2,1-3H3,(H,21,24). The van der Waals surface area contributed by atoms with Gasteiger partial charge in [0.25, 0.3) is 0 Å². The molecule has 0 saturated carbocycles. The van der Waals surface area contributed by atoms with Gasteiger partial charge in [0.1, 0.15) is 5.75 Å². The van der Waals surface area contributed by atoms with Crippen molar-refractivity contribution in [2.75, 3.05) is 19.7 Å². The van der Waals surface area contributed by atoms with Crippen molar-refractivity contribution in [1.29, 1.82) is 0 Å². The van der Waals surface area contributed by atoms with E-state index in [1.807, 2.05) is 49.9 Å². The maximum atomic E-state index is 12.3. The maximum Gasteiger partial charge on any atom is 0.222 e. The fourth-order valence-corrected chi connectivity index (χ4v) is 2.85. The summed E-state index contributed by atoms with van der Waals surface area (Å²) in [5, 5.41) is 3.06. The number of nitrogens with one attached hydrogen (secondary N) is 1. The van der Waals surface area contributed by atoms with Crippen molar-refractivity contribution in [2.24, 2.45) is 5.92 Å². The number of carbonyl (C=O) groups excluding carboxylic acids is 2. The minimum Gasteiger partial charge on any atom is -0.494 e. The largest absolute Gasteiger partial charge is 0.494 e. The molecule has 2 amide bonds. The average Bonchev–Trinajstić information content (AvgIpc) is 2.60. The maximum absolute atomic E-state index is 12.3.